The van der Waals surface area contributed by atoms with Gasteiger partial charge in [0.15, 0.2) is 4.87 Å². The molecule has 5 N–H and O–H groups in total. The Morgan fingerprint density at radius 3 is 1.67 bits per heavy atom. The Balaban J connectivity index is 1.35. The summed E-state index contributed by atoms with van der Waals surface area (Å²) < 4.78 is 0. The van der Waals surface area contributed by atoms with Crippen molar-refractivity contribution >= 4 is 97.8 Å². The van der Waals surface area contributed by atoms with Crippen LogP contribution in [0.2, 0.25) is 0 Å². The highest BCUT2D eigenvalue weighted by atomic mass is 33.5. The molecule has 2 aromatic carbocycles. The van der Waals surface area contributed by atoms with Gasteiger partial charge in [0.25, 0.3) is 23.6 Å². The van der Waals surface area contributed by atoms with Crippen molar-refractivity contribution in [1.82, 2.24) is 19.6 Å². The summed E-state index contributed by atoms with van der Waals surface area (Å²) in [7, 11) is 9.91. The van der Waals surface area contributed by atoms with Gasteiger partial charge in [0.1, 0.15) is 24.5 Å². The van der Waals surface area contributed by atoms with Crippen molar-refractivity contribution in [2.75, 3.05) is 31.3 Å². The first-order chi connectivity index (χ1) is 23.4. The molecule has 10 aliphatic heterocycles. The Bertz CT molecular complexity index is 1960. The van der Waals surface area contributed by atoms with Crippen LogP contribution in [-0.2, 0) is 30.0 Å². The minimum Gasteiger partial charge on any atom is -0.392 e. The van der Waals surface area contributed by atoms with Crippen LogP contribution in [0.4, 0.5) is 11.4 Å². The van der Waals surface area contributed by atoms with Gasteiger partial charge in [0.05, 0.1) is 17.4 Å². The number of para-hydroxylation sites is 2. The first kappa shape index (κ1) is 31.6. The zero-order valence-corrected chi connectivity index (χ0v) is 30.7. The maximum atomic E-state index is 15.0. The van der Waals surface area contributed by atoms with Crippen molar-refractivity contribution in [3.05, 3.63) is 59.7 Å². The van der Waals surface area contributed by atoms with E-state index >= 15 is 0 Å². The molecule has 10 heterocycles. The van der Waals surface area contributed by atoms with Crippen LogP contribution in [0.1, 0.15) is 18.1 Å². The summed E-state index contributed by atoms with van der Waals surface area (Å²) in [6.45, 7) is 1.03. The Hall–Kier alpha value is -2.10. The predicted molar refractivity (Wildman–Crippen MR) is 192 cm³/mol. The van der Waals surface area contributed by atoms with Crippen LogP contribution in [0.3, 0.4) is 0 Å². The molecular formula is C30H28N6O7S6. The number of anilines is 2. The lowest BCUT2D eigenvalue weighted by Crippen LogP contribution is -2.75. The van der Waals surface area contributed by atoms with E-state index in [1.165, 1.54) is 47.3 Å². The lowest BCUT2D eigenvalue weighted by atomic mass is 9.52. The third kappa shape index (κ3) is 2.86. The minimum atomic E-state index is -1.91. The molecular weight excluding hydrogens is 749 g/mol. The molecule has 0 aliphatic carbocycles. The molecule has 8 fully saturated rings. The number of hydrogen-bond acceptors (Lipinski definition) is 15. The van der Waals surface area contributed by atoms with Crippen LogP contribution < -0.4 is 10.6 Å². The maximum absolute atomic E-state index is 15.0. The predicted octanol–water partition coefficient (Wildman–Crippen LogP) is 1.60. The first-order valence-corrected chi connectivity index (χ1v) is 22.4. The van der Waals surface area contributed by atoms with Crippen molar-refractivity contribution in [1.29, 1.82) is 0 Å². The van der Waals surface area contributed by atoms with Gasteiger partial charge in [-0.2, -0.15) is 0 Å². The number of carbonyl (C=O) groups excluding carboxylic acids is 4. The molecule has 10 aliphatic rings. The summed E-state index contributed by atoms with van der Waals surface area (Å²) in [5.74, 6) is -1.99. The lowest BCUT2D eigenvalue weighted by Gasteiger charge is -2.51. The van der Waals surface area contributed by atoms with E-state index in [1.807, 2.05) is 36.4 Å². The topological polar surface area (TPSA) is 166 Å². The van der Waals surface area contributed by atoms with Crippen LogP contribution in [0, 0.1) is 0 Å². The van der Waals surface area contributed by atoms with Crippen molar-refractivity contribution in [3.8, 4) is 0 Å². The molecule has 0 radical (unpaired) electrons. The molecule has 256 valence electrons. The number of aliphatic hydroxyl groups is 3. The normalized spacial score (nSPS) is 45.3. The van der Waals surface area contributed by atoms with Gasteiger partial charge < -0.3 is 35.8 Å². The number of nitrogens with one attached hydrogen (secondary N) is 2. The van der Waals surface area contributed by atoms with E-state index in [4.69, 9.17) is 0 Å². The van der Waals surface area contributed by atoms with E-state index in [0.717, 1.165) is 42.2 Å². The summed E-state index contributed by atoms with van der Waals surface area (Å²) >= 11 is 0. The van der Waals surface area contributed by atoms with E-state index < -0.39 is 79.2 Å². The highest BCUT2D eigenvalue weighted by Gasteiger charge is 2.92. The Morgan fingerprint density at radius 1 is 0.673 bits per heavy atom. The van der Waals surface area contributed by atoms with E-state index in [-0.39, 0.29) is 5.91 Å². The number of aliphatic hydroxyl groups excluding tert-OH is 3. The summed E-state index contributed by atoms with van der Waals surface area (Å²) in [4.78, 5) is 58.3. The van der Waals surface area contributed by atoms with Crippen LogP contribution >= 0.6 is 62.8 Å². The van der Waals surface area contributed by atoms with Gasteiger partial charge >= 0.3 is 0 Å². The van der Waals surface area contributed by atoms with Crippen molar-refractivity contribution in [2.24, 2.45) is 0 Å². The van der Waals surface area contributed by atoms with E-state index in [2.05, 4.69) is 10.6 Å². The lowest BCUT2D eigenvalue weighted by molar-refractivity contribution is -0.168. The fourth-order valence-corrected chi connectivity index (χ4v) is 21.7. The molecule has 10 atom stereocenters. The second kappa shape index (κ2) is 9.46. The van der Waals surface area contributed by atoms with E-state index in [0.29, 0.717) is 22.5 Å². The second-order valence-electron chi connectivity index (χ2n) is 13.6. The van der Waals surface area contributed by atoms with Gasteiger partial charge in [-0.15, -0.1) is 0 Å². The maximum Gasteiger partial charge on any atom is 0.265 e. The first-order valence-electron chi connectivity index (χ1n) is 15.4. The number of nitrogens with zero attached hydrogens (tertiary/aromatic N) is 4. The molecule has 19 heteroatoms. The largest absolute Gasteiger partial charge is 0.392 e. The average Bonchev–Trinajstić information content (AvgIpc) is 3.64. The molecule has 2 spiro atoms. The second-order valence-corrected chi connectivity index (χ2v) is 22.5. The molecule has 49 heavy (non-hydrogen) atoms. The van der Waals surface area contributed by atoms with Crippen LogP contribution in [0.15, 0.2) is 48.5 Å². The molecule has 2 aromatic rings. The van der Waals surface area contributed by atoms with Gasteiger partial charge in [-0.25, -0.2) is 0 Å². The Labute approximate surface area is 303 Å². The van der Waals surface area contributed by atoms with Crippen molar-refractivity contribution < 1.29 is 34.5 Å². The highest BCUT2D eigenvalue weighted by molar-refractivity contribution is 9.10. The third-order valence-corrected chi connectivity index (χ3v) is 22.4. The minimum absolute atomic E-state index is 0.385. The summed E-state index contributed by atoms with van der Waals surface area (Å²) in [5.41, 5.74) is -1.20. The summed E-state index contributed by atoms with van der Waals surface area (Å²) in [6.07, 6.45) is -5.61. The number of carbonyl (C=O) groups is 4. The van der Waals surface area contributed by atoms with Crippen LogP contribution in [0.25, 0.3) is 0 Å². The molecule has 12 rings (SSSR count). The van der Waals surface area contributed by atoms with Gasteiger partial charge in [0.2, 0.25) is 14.6 Å². The summed E-state index contributed by atoms with van der Waals surface area (Å²) in [5, 5.41) is 44.7. The van der Waals surface area contributed by atoms with Crippen molar-refractivity contribution in [3.63, 3.8) is 0 Å². The summed E-state index contributed by atoms with van der Waals surface area (Å²) in [6, 6.07) is 14.5. The highest BCUT2D eigenvalue weighted by Crippen LogP contribution is 2.78. The number of hydrogen-bond donors (Lipinski definition) is 5. The van der Waals surface area contributed by atoms with Gasteiger partial charge in [-0.3, -0.25) is 29.0 Å². The molecule has 1 unspecified atom stereocenters. The van der Waals surface area contributed by atoms with Gasteiger partial charge in [-0.1, -0.05) is 36.4 Å². The zero-order valence-electron chi connectivity index (χ0n) is 25.8. The molecule has 4 bridgehead atoms. The quantitative estimate of drug-likeness (QED) is 0.279. The number of amides is 4. The molecule has 0 saturated carbocycles. The molecule has 13 nitrogen and oxygen atoms in total. The standard InChI is InChI=1S/C30H28N6O7S6/c1-25-21(40)35-19-27(13-8-4-6-10-15(13)31-19,17(38)29(35,46-48-44-25)23(42)33(25)2)28-14-9-5-7-11-16(14)32-20(28)36-22(41)26(12-37)34(3)24(43)30(36,18(28)39)47-49-45-26/h4-11,17-20,31-32,37-39H,12H2,1-3H3/t17-,18-,19+,20+,25-,26-,27?,28+,29-,30-/m0/s1. The number of fused-ring (bicyclic) bond motifs is 13. The Kier molecular flexibility index (Phi) is 6.11. The van der Waals surface area contributed by atoms with Crippen LogP contribution in [0.5, 0.6) is 0 Å². The SMILES string of the molecule is CN1C(=O)[C@]23SSS[C@@]1(C)C(=O)N2[C@H]1Nc2ccccc2C1([C@@]12c4ccccc4N[C@@H]1N1C(=O)[C@]4(CO)SSS[C@]1(C(=O)N4C)[C@H]2O)[C@@H]3O. The Morgan fingerprint density at radius 2 is 1.14 bits per heavy atom. The molecule has 0 aromatic heterocycles. The average molecular weight is 777 g/mol. The number of rotatable bonds is 2. The monoisotopic (exact) mass is 776 g/mol. The molecule has 4 amide bonds. The zero-order chi connectivity index (χ0) is 34.3. The third-order valence-electron chi connectivity index (χ3n) is 12.2. The van der Waals surface area contributed by atoms with Crippen LogP contribution in [-0.4, -0.2) is 123 Å². The fourth-order valence-electron chi connectivity index (χ4n) is 9.90. The fraction of sp³-hybridized carbons (Fsp3) is 0.467. The van der Waals surface area contributed by atoms with Gasteiger partial charge in [0, 0.05) is 25.5 Å². The smallest absolute Gasteiger partial charge is 0.265 e. The van der Waals surface area contributed by atoms with Crippen molar-refractivity contribution in [2.45, 2.75) is 61.8 Å². The number of piperazine rings is 2. The number of benzene rings is 2. The van der Waals surface area contributed by atoms with E-state index in [1.54, 1.807) is 26.1 Å². The number of likely N-dealkylation sites (N-methyl/N-ethyl adjacent to an activating group) is 2. The van der Waals surface area contributed by atoms with Gasteiger partial charge in [-0.05, 0) is 93.0 Å². The van der Waals surface area contributed by atoms with E-state index in [9.17, 15) is 34.5 Å². The molecule has 8 saturated heterocycles.